The highest BCUT2D eigenvalue weighted by Gasteiger charge is 2.18. The predicted octanol–water partition coefficient (Wildman–Crippen LogP) is 0.692. The van der Waals surface area contributed by atoms with Crippen molar-refractivity contribution in [3.8, 4) is 0 Å². The maximum absolute atomic E-state index is 11.0. The molecule has 1 fully saturated rings. The highest BCUT2D eigenvalue weighted by atomic mass is 16.5. The van der Waals surface area contributed by atoms with Crippen LogP contribution in [0.25, 0.3) is 0 Å². The smallest absolute Gasteiger partial charge is 0.222 e. The fourth-order valence-electron chi connectivity index (χ4n) is 1.05. The van der Waals surface area contributed by atoms with E-state index in [1.165, 1.54) is 6.42 Å². The second-order valence-corrected chi connectivity index (χ2v) is 2.94. The summed E-state index contributed by atoms with van der Waals surface area (Å²) in [5, 5.41) is 2.93. The van der Waals surface area contributed by atoms with Gasteiger partial charge in [0.25, 0.3) is 0 Å². The number of hydrogen-bond donors (Lipinski definition) is 1. The predicted molar refractivity (Wildman–Crippen MR) is 42.3 cm³/mol. The van der Waals surface area contributed by atoms with Gasteiger partial charge in [-0.05, 0) is 19.3 Å². The minimum absolute atomic E-state index is 0.122. The first kappa shape index (κ1) is 8.53. The van der Waals surface area contributed by atoms with Crippen molar-refractivity contribution in [2.75, 3.05) is 13.7 Å². The molecular formula is C8H15NO2. The molecule has 3 nitrogen and oxygen atoms in total. The molecule has 0 saturated heterocycles. The summed E-state index contributed by atoms with van der Waals surface area (Å²) >= 11 is 0. The second-order valence-electron chi connectivity index (χ2n) is 2.94. The lowest BCUT2D eigenvalue weighted by molar-refractivity contribution is -0.123. The lowest BCUT2D eigenvalue weighted by Gasteiger charge is -2.26. The van der Waals surface area contributed by atoms with Crippen LogP contribution in [0.3, 0.4) is 0 Å². The maximum atomic E-state index is 11.0. The molecule has 64 valence electrons. The summed E-state index contributed by atoms with van der Waals surface area (Å²) in [5.74, 6) is 0.122. The van der Waals surface area contributed by atoms with Crippen molar-refractivity contribution in [2.45, 2.75) is 31.7 Å². The maximum Gasteiger partial charge on any atom is 0.222 e. The number of amides is 1. The molecule has 11 heavy (non-hydrogen) atoms. The van der Waals surface area contributed by atoms with Gasteiger partial charge in [-0.15, -0.1) is 0 Å². The third-order valence-corrected chi connectivity index (χ3v) is 2.00. The van der Waals surface area contributed by atoms with Crippen molar-refractivity contribution in [1.82, 2.24) is 5.32 Å². The summed E-state index contributed by atoms with van der Waals surface area (Å²) in [4.78, 5) is 11.0. The quantitative estimate of drug-likeness (QED) is 0.652. The molecule has 1 rings (SSSR count). The topological polar surface area (TPSA) is 38.3 Å². The molecule has 1 aliphatic rings. The van der Waals surface area contributed by atoms with E-state index in [4.69, 9.17) is 4.74 Å². The first-order valence-corrected chi connectivity index (χ1v) is 4.11. The van der Waals surface area contributed by atoms with Gasteiger partial charge in [0.15, 0.2) is 0 Å². The lowest BCUT2D eigenvalue weighted by Crippen LogP contribution is -2.39. The van der Waals surface area contributed by atoms with Crippen LogP contribution in [0.4, 0.5) is 0 Å². The molecule has 0 spiro atoms. The molecule has 1 aliphatic carbocycles. The van der Waals surface area contributed by atoms with Crippen LogP contribution in [0.1, 0.15) is 25.7 Å². The third kappa shape index (κ3) is 2.89. The molecule has 0 unspecified atom stereocenters. The Balaban J connectivity index is 2.00. The summed E-state index contributed by atoms with van der Waals surface area (Å²) in [7, 11) is 1.61. The Labute approximate surface area is 67.1 Å². The molecular weight excluding hydrogens is 142 g/mol. The van der Waals surface area contributed by atoms with E-state index in [0.717, 1.165) is 12.8 Å². The minimum Gasteiger partial charge on any atom is -0.384 e. The Kier molecular flexibility index (Phi) is 3.36. The average Bonchev–Trinajstić information content (AvgIpc) is 1.93. The van der Waals surface area contributed by atoms with Crippen molar-refractivity contribution in [2.24, 2.45) is 0 Å². The van der Waals surface area contributed by atoms with E-state index < -0.39 is 0 Å². The van der Waals surface area contributed by atoms with Gasteiger partial charge in [-0.2, -0.15) is 0 Å². The van der Waals surface area contributed by atoms with E-state index in [1.807, 2.05) is 0 Å². The van der Waals surface area contributed by atoms with Gasteiger partial charge in [-0.3, -0.25) is 4.79 Å². The van der Waals surface area contributed by atoms with E-state index in [1.54, 1.807) is 7.11 Å². The number of methoxy groups -OCH3 is 1. The fourth-order valence-corrected chi connectivity index (χ4v) is 1.05. The molecule has 0 aromatic carbocycles. The summed E-state index contributed by atoms with van der Waals surface area (Å²) < 4.78 is 4.78. The molecule has 0 aromatic heterocycles. The number of rotatable bonds is 4. The molecule has 1 saturated carbocycles. The van der Waals surface area contributed by atoms with Crippen molar-refractivity contribution in [3.63, 3.8) is 0 Å². The van der Waals surface area contributed by atoms with Gasteiger partial charge in [-0.1, -0.05) is 0 Å². The summed E-state index contributed by atoms with van der Waals surface area (Å²) in [6.07, 6.45) is 4.06. The van der Waals surface area contributed by atoms with Gasteiger partial charge in [-0.25, -0.2) is 0 Å². The number of ether oxygens (including phenoxy) is 1. The Morgan fingerprint density at radius 1 is 1.64 bits per heavy atom. The fraction of sp³-hybridized carbons (Fsp3) is 0.875. The molecule has 0 bridgehead atoms. The van der Waals surface area contributed by atoms with E-state index in [9.17, 15) is 4.79 Å². The SMILES string of the molecule is COCCC(=O)NC1CCC1. The zero-order valence-electron chi connectivity index (χ0n) is 6.93. The van der Waals surface area contributed by atoms with E-state index in [-0.39, 0.29) is 5.91 Å². The normalized spacial score (nSPS) is 17.5. The zero-order chi connectivity index (χ0) is 8.10. The first-order valence-electron chi connectivity index (χ1n) is 4.11. The van der Waals surface area contributed by atoms with Gasteiger partial charge in [0.1, 0.15) is 0 Å². The third-order valence-electron chi connectivity index (χ3n) is 2.00. The lowest BCUT2D eigenvalue weighted by atomic mass is 9.93. The van der Waals surface area contributed by atoms with Crippen LogP contribution in [0.2, 0.25) is 0 Å². The number of hydrogen-bond acceptors (Lipinski definition) is 2. The van der Waals surface area contributed by atoms with Gasteiger partial charge >= 0.3 is 0 Å². The van der Waals surface area contributed by atoms with Crippen molar-refractivity contribution in [3.05, 3.63) is 0 Å². The zero-order valence-corrected chi connectivity index (χ0v) is 6.93. The summed E-state index contributed by atoms with van der Waals surface area (Å²) in [5.41, 5.74) is 0. The summed E-state index contributed by atoms with van der Waals surface area (Å²) in [6, 6.07) is 0.458. The van der Waals surface area contributed by atoms with Gasteiger partial charge in [0, 0.05) is 19.6 Å². The van der Waals surface area contributed by atoms with Crippen LogP contribution < -0.4 is 5.32 Å². The Bertz CT molecular complexity index is 132. The highest BCUT2D eigenvalue weighted by Crippen LogP contribution is 2.17. The Morgan fingerprint density at radius 3 is 2.82 bits per heavy atom. The monoisotopic (exact) mass is 157 g/mol. The first-order chi connectivity index (χ1) is 5.33. The van der Waals surface area contributed by atoms with E-state index in [0.29, 0.717) is 19.1 Å². The second kappa shape index (κ2) is 4.34. The average molecular weight is 157 g/mol. The molecule has 1 N–H and O–H groups in total. The van der Waals surface area contributed by atoms with Crippen molar-refractivity contribution < 1.29 is 9.53 Å². The molecule has 0 aliphatic heterocycles. The van der Waals surface area contributed by atoms with Crippen LogP contribution in [-0.2, 0) is 9.53 Å². The number of nitrogens with one attached hydrogen (secondary N) is 1. The molecule has 3 heteroatoms. The molecule has 1 amide bonds. The van der Waals surface area contributed by atoms with E-state index in [2.05, 4.69) is 5.32 Å². The molecule has 0 heterocycles. The number of carbonyl (C=O) groups is 1. The van der Waals surface area contributed by atoms with Crippen molar-refractivity contribution in [1.29, 1.82) is 0 Å². The molecule has 0 atom stereocenters. The standard InChI is InChI=1S/C8H15NO2/c1-11-6-5-8(10)9-7-3-2-4-7/h7H,2-6H2,1H3,(H,9,10). The molecule has 0 radical (unpaired) electrons. The summed E-state index contributed by atoms with van der Waals surface area (Å²) in [6.45, 7) is 0.526. The Hall–Kier alpha value is -0.570. The van der Waals surface area contributed by atoms with Gasteiger partial charge < -0.3 is 10.1 Å². The number of carbonyl (C=O) groups excluding carboxylic acids is 1. The van der Waals surface area contributed by atoms with Crippen LogP contribution in [0, 0.1) is 0 Å². The van der Waals surface area contributed by atoms with Crippen LogP contribution in [-0.4, -0.2) is 25.7 Å². The van der Waals surface area contributed by atoms with Crippen LogP contribution in [0.15, 0.2) is 0 Å². The molecule has 0 aromatic rings. The van der Waals surface area contributed by atoms with Gasteiger partial charge in [0.2, 0.25) is 5.91 Å². The largest absolute Gasteiger partial charge is 0.384 e. The van der Waals surface area contributed by atoms with Crippen molar-refractivity contribution >= 4 is 5.91 Å². The van der Waals surface area contributed by atoms with Crippen LogP contribution >= 0.6 is 0 Å². The van der Waals surface area contributed by atoms with Crippen LogP contribution in [0.5, 0.6) is 0 Å². The Morgan fingerprint density at radius 2 is 2.36 bits per heavy atom. The highest BCUT2D eigenvalue weighted by molar-refractivity contribution is 5.76. The minimum atomic E-state index is 0.122. The van der Waals surface area contributed by atoms with E-state index >= 15 is 0 Å². The van der Waals surface area contributed by atoms with Gasteiger partial charge in [0.05, 0.1) is 6.61 Å².